The first-order valence-electron chi connectivity index (χ1n) is 12.2. The van der Waals surface area contributed by atoms with Crippen molar-refractivity contribution in [1.29, 1.82) is 0 Å². The first-order chi connectivity index (χ1) is 16.9. The van der Waals surface area contributed by atoms with Crippen LogP contribution in [0.15, 0.2) is 46.2 Å². The van der Waals surface area contributed by atoms with Crippen molar-refractivity contribution in [2.75, 3.05) is 23.5 Å². The standard InChI is InChI=1S/C27H36FNO4S3/c1-6-8-13-27(7-2)17-29(21-11-9-20(28)10-12-21)22-15-23(34-5)19(14-24(22)36(32,33)18-27)16-35-26(3,4)25(30)31/h9-12,14-15H,6-8,13,16-18H2,1-5H3,(H,30,31). The van der Waals surface area contributed by atoms with E-state index >= 15 is 0 Å². The van der Waals surface area contributed by atoms with Gasteiger partial charge in [0, 0.05) is 28.3 Å². The highest BCUT2D eigenvalue weighted by atomic mass is 32.2. The molecule has 1 unspecified atom stereocenters. The number of carbonyl (C=O) groups is 1. The number of carboxylic acid groups (broad SMARTS) is 1. The number of carboxylic acids is 1. The van der Waals surface area contributed by atoms with Crippen molar-refractivity contribution in [1.82, 2.24) is 0 Å². The number of rotatable bonds is 10. The Kier molecular flexibility index (Phi) is 9.10. The van der Waals surface area contributed by atoms with Crippen molar-refractivity contribution in [3.05, 3.63) is 47.8 Å². The predicted molar refractivity (Wildman–Crippen MR) is 149 cm³/mol. The molecule has 1 heterocycles. The fourth-order valence-corrected chi connectivity index (χ4v) is 8.37. The molecule has 36 heavy (non-hydrogen) atoms. The molecule has 0 aliphatic carbocycles. The number of benzene rings is 2. The van der Waals surface area contributed by atoms with Crippen LogP contribution in [0.4, 0.5) is 15.8 Å². The van der Waals surface area contributed by atoms with Crippen molar-refractivity contribution in [2.24, 2.45) is 5.41 Å². The Morgan fingerprint density at radius 1 is 1.19 bits per heavy atom. The summed E-state index contributed by atoms with van der Waals surface area (Å²) in [4.78, 5) is 14.8. The van der Waals surface area contributed by atoms with Crippen molar-refractivity contribution in [2.45, 2.75) is 73.7 Å². The van der Waals surface area contributed by atoms with Gasteiger partial charge in [-0.15, -0.1) is 23.5 Å². The number of anilines is 2. The maximum Gasteiger partial charge on any atom is 0.319 e. The molecule has 198 valence electrons. The van der Waals surface area contributed by atoms with Crippen LogP contribution < -0.4 is 4.90 Å². The molecular formula is C27H36FNO4S3. The van der Waals surface area contributed by atoms with Crippen molar-refractivity contribution < 1.29 is 22.7 Å². The normalized spacial score (nSPS) is 19.6. The minimum Gasteiger partial charge on any atom is -0.480 e. The number of fused-ring (bicyclic) bond motifs is 1. The van der Waals surface area contributed by atoms with Gasteiger partial charge in [-0.25, -0.2) is 12.8 Å². The van der Waals surface area contributed by atoms with Crippen LogP contribution in [0.1, 0.15) is 58.9 Å². The van der Waals surface area contributed by atoms with E-state index in [0.29, 0.717) is 24.4 Å². The molecule has 1 aliphatic heterocycles. The number of aliphatic carboxylic acids is 1. The number of hydrogen-bond donors (Lipinski definition) is 1. The highest BCUT2D eigenvalue weighted by Crippen LogP contribution is 2.46. The first kappa shape index (κ1) is 28.9. The van der Waals surface area contributed by atoms with Gasteiger partial charge in [0.2, 0.25) is 0 Å². The number of thioether (sulfide) groups is 2. The van der Waals surface area contributed by atoms with E-state index in [1.807, 2.05) is 24.1 Å². The Bertz CT molecular complexity index is 1200. The van der Waals surface area contributed by atoms with E-state index in [9.17, 15) is 22.7 Å². The maximum absolute atomic E-state index is 13.9. The van der Waals surface area contributed by atoms with Gasteiger partial charge in [-0.1, -0.05) is 26.7 Å². The zero-order valence-corrected chi connectivity index (χ0v) is 24.1. The molecule has 0 spiro atoms. The third-order valence-electron chi connectivity index (χ3n) is 7.03. The Balaban J connectivity index is 2.21. The lowest BCUT2D eigenvalue weighted by molar-refractivity contribution is -0.138. The van der Waals surface area contributed by atoms with E-state index in [2.05, 4.69) is 6.92 Å². The molecule has 2 aromatic rings. The highest BCUT2D eigenvalue weighted by molar-refractivity contribution is 8.00. The number of halogens is 1. The van der Waals surface area contributed by atoms with Crippen LogP contribution in [0.3, 0.4) is 0 Å². The second kappa shape index (κ2) is 11.4. The van der Waals surface area contributed by atoms with Gasteiger partial charge in [-0.05, 0) is 74.9 Å². The summed E-state index contributed by atoms with van der Waals surface area (Å²) in [6.45, 7) is 7.98. The van der Waals surface area contributed by atoms with Gasteiger partial charge in [-0.3, -0.25) is 4.79 Å². The third-order valence-corrected chi connectivity index (χ3v) is 11.2. The minimum absolute atomic E-state index is 0.0486. The van der Waals surface area contributed by atoms with Gasteiger partial charge in [0.15, 0.2) is 9.84 Å². The predicted octanol–water partition coefficient (Wildman–Crippen LogP) is 7.16. The quantitative estimate of drug-likeness (QED) is 0.313. The average molecular weight is 554 g/mol. The third kappa shape index (κ3) is 6.22. The Morgan fingerprint density at radius 3 is 2.42 bits per heavy atom. The molecule has 0 radical (unpaired) electrons. The van der Waals surface area contributed by atoms with Gasteiger partial charge in [0.05, 0.1) is 16.3 Å². The average Bonchev–Trinajstić information content (AvgIpc) is 2.93. The summed E-state index contributed by atoms with van der Waals surface area (Å²) in [6, 6.07) is 9.87. The maximum atomic E-state index is 13.9. The molecule has 2 aromatic carbocycles. The van der Waals surface area contributed by atoms with Crippen molar-refractivity contribution in [3.63, 3.8) is 0 Å². The fourth-order valence-electron chi connectivity index (χ4n) is 4.57. The zero-order chi connectivity index (χ0) is 26.7. The molecule has 0 fully saturated rings. The van der Waals surface area contributed by atoms with Crippen LogP contribution in [0.2, 0.25) is 0 Å². The summed E-state index contributed by atoms with van der Waals surface area (Å²) in [5.74, 6) is -0.824. The number of unbranched alkanes of at least 4 members (excludes halogenated alkanes) is 1. The van der Waals surface area contributed by atoms with Crippen molar-refractivity contribution >= 4 is 50.7 Å². The minimum atomic E-state index is -3.65. The molecule has 0 bridgehead atoms. The van der Waals surface area contributed by atoms with Gasteiger partial charge >= 0.3 is 5.97 Å². The SMILES string of the molecule is CCCCC1(CC)CN(c2ccc(F)cc2)c2cc(SC)c(CSC(C)(C)C(=O)O)cc2S(=O)(=O)C1. The molecular weight excluding hydrogens is 517 g/mol. The summed E-state index contributed by atoms with van der Waals surface area (Å²) in [5.41, 5.74) is 1.72. The van der Waals surface area contributed by atoms with E-state index in [4.69, 9.17) is 0 Å². The molecule has 1 aliphatic rings. The van der Waals surface area contributed by atoms with Gasteiger partial charge in [0.25, 0.3) is 0 Å². The Labute approximate surface area is 223 Å². The fraction of sp³-hybridized carbons (Fsp3) is 0.519. The monoisotopic (exact) mass is 553 g/mol. The van der Waals surface area contributed by atoms with E-state index in [-0.39, 0.29) is 16.5 Å². The van der Waals surface area contributed by atoms with Gasteiger partial charge in [0.1, 0.15) is 10.6 Å². The summed E-state index contributed by atoms with van der Waals surface area (Å²) in [5, 5.41) is 9.54. The zero-order valence-electron chi connectivity index (χ0n) is 21.6. The van der Waals surface area contributed by atoms with Crippen LogP contribution in [0, 0.1) is 11.2 Å². The number of sulfone groups is 1. The van der Waals surface area contributed by atoms with Gasteiger partial charge < -0.3 is 10.0 Å². The summed E-state index contributed by atoms with van der Waals surface area (Å²) >= 11 is 2.79. The van der Waals surface area contributed by atoms with E-state index in [0.717, 1.165) is 35.4 Å². The lowest BCUT2D eigenvalue weighted by Gasteiger charge is -2.36. The lowest BCUT2D eigenvalue weighted by atomic mass is 9.81. The van der Waals surface area contributed by atoms with Gasteiger partial charge in [-0.2, -0.15) is 0 Å². The topological polar surface area (TPSA) is 74.7 Å². The second-order valence-electron chi connectivity index (χ2n) is 10.0. The lowest BCUT2D eigenvalue weighted by Crippen LogP contribution is -2.37. The van der Waals surface area contributed by atoms with Crippen LogP contribution in [-0.2, 0) is 20.4 Å². The molecule has 3 rings (SSSR count). The van der Waals surface area contributed by atoms with Crippen LogP contribution in [0.5, 0.6) is 0 Å². The van der Waals surface area contributed by atoms with Crippen LogP contribution in [0.25, 0.3) is 0 Å². The van der Waals surface area contributed by atoms with E-state index in [1.54, 1.807) is 32.0 Å². The molecule has 0 amide bonds. The summed E-state index contributed by atoms with van der Waals surface area (Å²) < 4.78 is 40.6. The number of nitrogens with zero attached hydrogens (tertiary/aromatic N) is 1. The van der Waals surface area contributed by atoms with Crippen molar-refractivity contribution in [3.8, 4) is 0 Å². The summed E-state index contributed by atoms with van der Waals surface area (Å²) in [6.07, 6.45) is 5.34. The largest absolute Gasteiger partial charge is 0.480 e. The smallest absolute Gasteiger partial charge is 0.319 e. The van der Waals surface area contributed by atoms with E-state index in [1.165, 1.54) is 35.7 Å². The second-order valence-corrected chi connectivity index (χ2v) is 14.4. The molecule has 0 saturated heterocycles. The van der Waals surface area contributed by atoms with Crippen LogP contribution >= 0.6 is 23.5 Å². The molecule has 5 nitrogen and oxygen atoms in total. The van der Waals surface area contributed by atoms with E-state index < -0.39 is 26.0 Å². The van der Waals surface area contributed by atoms with Crippen LogP contribution in [-0.4, -0.2) is 42.8 Å². The highest BCUT2D eigenvalue weighted by Gasteiger charge is 2.42. The Hall–Kier alpha value is -1.71. The first-order valence-corrected chi connectivity index (χ1v) is 16.1. The Morgan fingerprint density at radius 2 is 1.86 bits per heavy atom. The molecule has 1 N–H and O–H groups in total. The molecule has 0 aromatic heterocycles. The molecule has 1 atom stereocenters. The number of hydrogen-bond acceptors (Lipinski definition) is 6. The molecule has 0 saturated carbocycles. The molecule has 9 heteroatoms. The summed E-state index contributed by atoms with van der Waals surface area (Å²) in [7, 11) is -3.65.